The number of aliphatic hydroxyl groups is 5. The average Bonchev–Trinajstić information content (AvgIpc) is 3.37. The first kappa shape index (κ1) is 24.9. The predicted molar refractivity (Wildman–Crippen MR) is 118 cm³/mol. The topological polar surface area (TPSA) is 159 Å². The van der Waals surface area contributed by atoms with E-state index in [0.29, 0.717) is 19.3 Å². The van der Waals surface area contributed by atoms with Crippen LogP contribution in [0, 0.1) is 16.7 Å². The molecule has 5 rings (SSSR count). The molecule has 194 valence electrons. The quantitative estimate of drug-likeness (QED) is 0.296. The van der Waals surface area contributed by atoms with Crippen molar-refractivity contribution in [1.29, 1.82) is 0 Å². The predicted octanol–water partition coefficient (Wildman–Crippen LogP) is 0.566. The Labute approximate surface area is 203 Å². The molecule has 1 aromatic heterocycles. The van der Waals surface area contributed by atoms with Crippen LogP contribution in [0.15, 0.2) is 35.2 Å². The molecule has 0 bridgehead atoms. The average molecular weight is 495 g/mol. The number of carbonyl (C=O) groups excluding carboxylic acids is 1. The van der Waals surface area contributed by atoms with Crippen LogP contribution in [0.1, 0.15) is 51.2 Å². The zero-order valence-electron chi connectivity index (χ0n) is 19.8. The highest BCUT2D eigenvalue weighted by atomic mass is 16.7. The highest BCUT2D eigenvalue weighted by Gasteiger charge is 2.69. The second-order valence-electron chi connectivity index (χ2n) is 10.9. The van der Waals surface area contributed by atoms with Gasteiger partial charge in [-0.1, -0.05) is 26.0 Å². The maximum Gasteiger partial charge on any atom is 0.339 e. The molecule has 0 amide bonds. The fourth-order valence-electron chi connectivity index (χ4n) is 6.82. The fourth-order valence-corrected chi connectivity index (χ4v) is 6.82. The Morgan fingerprint density at radius 2 is 1.91 bits per heavy atom. The Balaban J connectivity index is 1.44. The summed E-state index contributed by atoms with van der Waals surface area (Å²) in [5.41, 5.74) is -2.32. The number of hydrogen-bond donors (Lipinski definition) is 5. The number of aliphatic hydroxyl groups excluding tert-OH is 4. The van der Waals surface area contributed by atoms with Crippen LogP contribution >= 0.6 is 0 Å². The van der Waals surface area contributed by atoms with E-state index in [1.165, 1.54) is 6.26 Å². The van der Waals surface area contributed by atoms with Crippen molar-refractivity contribution in [3.8, 4) is 0 Å². The molecule has 3 fully saturated rings. The molecule has 1 aromatic rings. The van der Waals surface area contributed by atoms with Crippen LogP contribution in [-0.4, -0.2) is 80.5 Å². The number of allylic oxidation sites excluding steroid dienone is 1. The zero-order chi connectivity index (χ0) is 25.2. The largest absolute Gasteiger partial charge is 0.472 e. The van der Waals surface area contributed by atoms with Gasteiger partial charge in [0.25, 0.3) is 0 Å². The molecule has 0 radical (unpaired) electrons. The van der Waals surface area contributed by atoms with Gasteiger partial charge in [0, 0.05) is 16.4 Å². The third kappa shape index (κ3) is 3.61. The Bertz CT molecular complexity index is 961. The van der Waals surface area contributed by atoms with Gasteiger partial charge in [-0.15, -0.1) is 0 Å². The molecule has 5 N–H and O–H groups in total. The summed E-state index contributed by atoms with van der Waals surface area (Å²) in [4.78, 5) is 13.1. The van der Waals surface area contributed by atoms with E-state index in [-0.39, 0.29) is 12.3 Å². The number of hydrogen-bond acceptors (Lipinski definition) is 10. The lowest BCUT2D eigenvalue weighted by Crippen LogP contribution is -2.68. The third-order valence-corrected chi connectivity index (χ3v) is 9.11. The molecule has 0 aromatic carbocycles. The van der Waals surface area contributed by atoms with Crippen LogP contribution in [0.2, 0.25) is 0 Å². The highest BCUT2D eigenvalue weighted by Crippen LogP contribution is 2.65. The normalized spacial score (nSPS) is 49.7. The van der Waals surface area contributed by atoms with E-state index < -0.39 is 71.9 Å². The SMILES string of the molecule is CC12CCC3(O)C(=O)OC(c4ccoc4)CC3(C)C1CC=CC2OC1OC(CO)C(O)C(O)C1O. The third-order valence-electron chi connectivity index (χ3n) is 9.11. The number of fused-ring (bicyclic) bond motifs is 3. The van der Waals surface area contributed by atoms with Gasteiger partial charge >= 0.3 is 5.97 Å². The van der Waals surface area contributed by atoms with Crippen molar-refractivity contribution in [2.45, 2.75) is 88.0 Å². The molecule has 3 heterocycles. The Morgan fingerprint density at radius 1 is 1.14 bits per heavy atom. The lowest BCUT2D eigenvalue weighted by molar-refractivity contribution is -0.324. The number of rotatable bonds is 4. The number of ether oxygens (including phenoxy) is 3. The summed E-state index contributed by atoms with van der Waals surface area (Å²) in [6.45, 7) is 3.41. The van der Waals surface area contributed by atoms with Crippen LogP contribution < -0.4 is 0 Å². The van der Waals surface area contributed by atoms with Crippen molar-refractivity contribution in [3.63, 3.8) is 0 Å². The van der Waals surface area contributed by atoms with Gasteiger partial charge in [-0.3, -0.25) is 0 Å². The molecule has 11 atom stereocenters. The summed E-state index contributed by atoms with van der Waals surface area (Å²) in [5, 5.41) is 52.0. The smallest absolute Gasteiger partial charge is 0.339 e. The van der Waals surface area contributed by atoms with Crippen LogP contribution in [0.5, 0.6) is 0 Å². The van der Waals surface area contributed by atoms with E-state index in [4.69, 9.17) is 18.6 Å². The van der Waals surface area contributed by atoms with Crippen LogP contribution in [0.4, 0.5) is 0 Å². The molecular weight excluding hydrogens is 460 g/mol. The molecule has 1 saturated carbocycles. The maximum atomic E-state index is 13.1. The summed E-state index contributed by atoms with van der Waals surface area (Å²) in [6, 6.07) is 1.75. The molecule has 2 aliphatic carbocycles. The van der Waals surface area contributed by atoms with E-state index in [1.807, 2.05) is 26.0 Å². The minimum atomic E-state index is -1.66. The van der Waals surface area contributed by atoms with E-state index in [1.54, 1.807) is 12.3 Å². The van der Waals surface area contributed by atoms with Gasteiger partial charge in [-0.05, 0) is 37.7 Å². The van der Waals surface area contributed by atoms with Crippen molar-refractivity contribution in [1.82, 2.24) is 0 Å². The van der Waals surface area contributed by atoms with Gasteiger partial charge in [0.2, 0.25) is 0 Å². The monoisotopic (exact) mass is 494 g/mol. The summed E-state index contributed by atoms with van der Waals surface area (Å²) >= 11 is 0. The second kappa shape index (κ2) is 8.65. The molecule has 35 heavy (non-hydrogen) atoms. The van der Waals surface area contributed by atoms with Gasteiger partial charge in [0.15, 0.2) is 11.9 Å². The first-order valence-electron chi connectivity index (χ1n) is 12.1. The van der Waals surface area contributed by atoms with Crippen molar-refractivity contribution >= 4 is 5.97 Å². The lowest BCUT2D eigenvalue weighted by atomic mass is 9.44. The molecule has 10 nitrogen and oxygen atoms in total. The zero-order valence-corrected chi connectivity index (χ0v) is 19.8. The van der Waals surface area contributed by atoms with Gasteiger partial charge in [-0.2, -0.15) is 0 Å². The molecule has 10 heteroatoms. The summed E-state index contributed by atoms with van der Waals surface area (Å²) in [6.07, 6.45) is 0.483. The van der Waals surface area contributed by atoms with Gasteiger partial charge < -0.3 is 44.2 Å². The molecule has 4 aliphatic rings. The summed E-state index contributed by atoms with van der Waals surface area (Å²) in [7, 11) is 0. The lowest BCUT2D eigenvalue weighted by Gasteiger charge is -2.63. The first-order chi connectivity index (χ1) is 16.5. The van der Waals surface area contributed by atoms with E-state index in [2.05, 4.69) is 0 Å². The van der Waals surface area contributed by atoms with Crippen molar-refractivity contribution in [2.24, 2.45) is 16.7 Å². The van der Waals surface area contributed by atoms with E-state index >= 15 is 0 Å². The Hall–Kier alpha value is -1.79. The number of carbonyl (C=O) groups is 1. The number of furan rings is 1. The fraction of sp³-hybridized carbons (Fsp3) is 0.720. The van der Waals surface area contributed by atoms with Crippen molar-refractivity contribution in [3.05, 3.63) is 36.3 Å². The van der Waals surface area contributed by atoms with Gasteiger partial charge in [0.05, 0.1) is 25.2 Å². The van der Waals surface area contributed by atoms with E-state index in [0.717, 1.165) is 5.56 Å². The second-order valence-corrected chi connectivity index (χ2v) is 10.9. The number of cyclic esters (lactones) is 1. The van der Waals surface area contributed by atoms with Crippen LogP contribution in [-0.2, 0) is 19.0 Å². The summed E-state index contributed by atoms with van der Waals surface area (Å²) < 4.78 is 22.6. The Morgan fingerprint density at radius 3 is 2.60 bits per heavy atom. The molecule has 11 unspecified atom stereocenters. The summed E-state index contributed by atoms with van der Waals surface area (Å²) in [5.74, 6) is -0.823. The van der Waals surface area contributed by atoms with Crippen molar-refractivity contribution < 1.29 is 49.0 Å². The minimum Gasteiger partial charge on any atom is -0.472 e. The molecule has 2 saturated heterocycles. The molecule has 2 aliphatic heterocycles. The Kier molecular flexibility index (Phi) is 6.15. The minimum absolute atomic E-state index is 0.176. The first-order valence-corrected chi connectivity index (χ1v) is 12.1. The van der Waals surface area contributed by atoms with Crippen LogP contribution in [0.3, 0.4) is 0 Å². The highest BCUT2D eigenvalue weighted by molar-refractivity contribution is 5.82. The van der Waals surface area contributed by atoms with E-state index in [9.17, 15) is 30.3 Å². The standard InChI is InChI=1S/C25H34O10/c1-23-7-8-25(31)22(30)34-14(13-6-9-32-12-13)10-24(25,2)16(23)4-3-5-17(23)35-21-20(29)19(28)18(27)15(11-26)33-21/h3,5-6,9,12,14-21,26-29,31H,4,7-8,10-11H2,1-2H3. The molecule has 0 spiro atoms. The maximum absolute atomic E-state index is 13.1. The van der Waals surface area contributed by atoms with Gasteiger partial charge in [0.1, 0.15) is 30.5 Å². The van der Waals surface area contributed by atoms with Gasteiger partial charge in [-0.25, -0.2) is 4.79 Å². The van der Waals surface area contributed by atoms with Crippen LogP contribution in [0.25, 0.3) is 0 Å². The molecular formula is C25H34O10. The number of esters is 1. The van der Waals surface area contributed by atoms with Crippen molar-refractivity contribution in [2.75, 3.05) is 6.61 Å².